The molecule has 0 aromatic heterocycles. The van der Waals surface area contributed by atoms with Crippen molar-refractivity contribution in [3.8, 4) is 5.75 Å². The molecule has 1 atom stereocenters. The summed E-state index contributed by atoms with van der Waals surface area (Å²) in [5.74, 6) is -0.333. The van der Waals surface area contributed by atoms with Gasteiger partial charge in [0.2, 0.25) is 0 Å². The topological polar surface area (TPSA) is 46.5 Å². The number of rotatable bonds is 5. The molecule has 22 heavy (non-hydrogen) atoms. The van der Waals surface area contributed by atoms with Gasteiger partial charge in [-0.2, -0.15) is 0 Å². The number of ether oxygens (including phenoxy) is 1. The fraction of sp³-hybridized carbons (Fsp3) is 0.526. The molecule has 1 aliphatic rings. The summed E-state index contributed by atoms with van der Waals surface area (Å²) in [6.07, 6.45) is 7.62. The summed E-state index contributed by atoms with van der Waals surface area (Å²) >= 11 is 0. The number of carbonyl (C=O) groups is 1. The molecule has 120 valence electrons. The van der Waals surface area contributed by atoms with Crippen LogP contribution in [0.15, 0.2) is 35.9 Å². The minimum absolute atomic E-state index is 0.143. The van der Waals surface area contributed by atoms with Crippen molar-refractivity contribution in [2.75, 3.05) is 0 Å². The first-order valence-electron chi connectivity index (χ1n) is 8.13. The van der Waals surface area contributed by atoms with Gasteiger partial charge < -0.3 is 9.84 Å². The summed E-state index contributed by atoms with van der Waals surface area (Å²) in [5.41, 5.74) is 2.89. The van der Waals surface area contributed by atoms with Gasteiger partial charge in [0.15, 0.2) is 6.10 Å². The average molecular weight is 302 g/mol. The fourth-order valence-electron chi connectivity index (χ4n) is 3.45. The third-order valence-corrected chi connectivity index (χ3v) is 4.96. The van der Waals surface area contributed by atoms with Gasteiger partial charge in [-0.3, -0.25) is 0 Å². The van der Waals surface area contributed by atoms with Crippen molar-refractivity contribution >= 4 is 5.97 Å². The number of allylic oxidation sites excluding steroid dienone is 2. The Morgan fingerprint density at radius 1 is 1.23 bits per heavy atom. The molecular formula is C19H26O3. The van der Waals surface area contributed by atoms with Crippen LogP contribution in [0.5, 0.6) is 5.75 Å². The third kappa shape index (κ3) is 3.34. The average Bonchev–Trinajstić information content (AvgIpc) is 2.55. The summed E-state index contributed by atoms with van der Waals surface area (Å²) < 4.78 is 5.42. The van der Waals surface area contributed by atoms with Crippen molar-refractivity contribution in [1.29, 1.82) is 0 Å². The maximum atomic E-state index is 10.9. The van der Waals surface area contributed by atoms with Crippen LogP contribution in [0, 0.1) is 0 Å². The second-order valence-corrected chi connectivity index (χ2v) is 6.24. The van der Waals surface area contributed by atoms with Crippen LogP contribution in [0.25, 0.3) is 0 Å². The summed E-state index contributed by atoms with van der Waals surface area (Å²) in [5, 5.41) is 8.92. The van der Waals surface area contributed by atoms with Crippen LogP contribution in [0.1, 0.15) is 58.4 Å². The molecule has 0 radical (unpaired) electrons. The van der Waals surface area contributed by atoms with Crippen LogP contribution in [0.2, 0.25) is 0 Å². The van der Waals surface area contributed by atoms with E-state index in [1.54, 1.807) is 6.92 Å². The maximum Gasteiger partial charge on any atom is 0.344 e. The summed E-state index contributed by atoms with van der Waals surface area (Å²) in [6, 6.07) is 7.99. The quantitative estimate of drug-likeness (QED) is 0.801. The second-order valence-electron chi connectivity index (χ2n) is 6.24. The summed E-state index contributed by atoms with van der Waals surface area (Å²) in [6.45, 7) is 5.88. The largest absolute Gasteiger partial charge is 0.479 e. The molecule has 2 rings (SSSR count). The highest BCUT2D eigenvalue weighted by Crippen LogP contribution is 2.45. The lowest BCUT2D eigenvalue weighted by Crippen LogP contribution is -2.30. The number of carboxylic acid groups (broad SMARTS) is 1. The molecule has 0 bridgehead atoms. The predicted molar refractivity (Wildman–Crippen MR) is 88.4 cm³/mol. The van der Waals surface area contributed by atoms with E-state index in [4.69, 9.17) is 9.84 Å². The molecule has 3 nitrogen and oxygen atoms in total. The van der Waals surface area contributed by atoms with E-state index in [0.717, 1.165) is 0 Å². The molecule has 1 aromatic carbocycles. The first kappa shape index (κ1) is 16.6. The van der Waals surface area contributed by atoms with Crippen molar-refractivity contribution in [3.05, 3.63) is 41.5 Å². The lowest BCUT2D eigenvalue weighted by atomic mass is 9.65. The number of hydrogen-bond donors (Lipinski definition) is 1. The van der Waals surface area contributed by atoms with Crippen molar-refractivity contribution in [1.82, 2.24) is 0 Å². The van der Waals surface area contributed by atoms with E-state index < -0.39 is 12.1 Å². The van der Waals surface area contributed by atoms with Gasteiger partial charge in [-0.1, -0.05) is 43.0 Å². The van der Waals surface area contributed by atoms with Crippen molar-refractivity contribution in [2.45, 2.75) is 64.4 Å². The van der Waals surface area contributed by atoms with Gasteiger partial charge >= 0.3 is 5.97 Å². The Bertz CT molecular complexity index is 536. The minimum atomic E-state index is -0.947. The van der Waals surface area contributed by atoms with Crippen molar-refractivity contribution < 1.29 is 14.6 Å². The fourth-order valence-corrected chi connectivity index (χ4v) is 3.45. The van der Waals surface area contributed by atoms with E-state index in [9.17, 15) is 4.79 Å². The predicted octanol–water partition coefficient (Wildman–Crippen LogP) is 4.71. The molecule has 1 unspecified atom stereocenters. The second kappa shape index (κ2) is 6.99. The molecular weight excluding hydrogens is 276 g/mol. The molecule has 0 saturated heterocycles. The number of benzene rings is 1. The first-order valence-corrected chi connectivity index (χ1v) is 8.13. The summed E-state index contributed by atoms with van der Waals surface area (Å²) in [4.78, 5) is 10.9. The highest BCUT2D eigenvalue weighted by atomic mass is 16.5. The van der Waals surface area contributed by atoms with Crippen LogP contribution < -0.4 is 4.74 Å². The molecule has 0 aliphatic heterocycles. The van der Waals surface area contributed by atoms with Gasteiger partial charge in [0.1, 0.15) is 5.75 Å². The molecule has 1 saturated carbocycles. The van der Waals surface area contributed by atoms with E-state index in [2.05, 4.69) is 32.1 Å². The Balaban J connectivity index is 2.25. The molecule has 0 heterocycles. The zero-order valence-electron chi connectivity index (χ0n) is 13.8. The smallest absolute Gasteiger partial charge is 0.344 e. The zero-order chi connectivity index (χ0) is 16.2. The van der Waals surface area contributed by atoms with Crippen LogP contribution in [-0.2, 0) is 10.2 Å². The van der Waals surface area contributed by atoms with Crippen molar-refractivity contribution in [3.63, 3.8) is 0 Å². The Kier molecular flexibility index (Phi) is 5.28. The molecule has 1 aliphatic carbocycles. The molecule has 1 fully saturated rings. The van der Waals surface area contributed by atoms with E-state index in [1.807, 2.05) is 12.1 Å². The van der Waals surface area contributed by atoms with Crippen LogP contribution >= 0.6 is 0 Å². The molecule has 3 heteroatoms. The Labute approximate surface area is 133 Å². The van der Waals surface area contributed by atoms with E-state index in [1.165, 1.54) is 43.2 Å². The lowest BCUT2D eigenvalue weighted by molar-refractivity contribution is -0.144. The molecule has 1 aromatic rings. The maximum absolute atomic E-state index is 10.9. The number of carboxylic acids is 1. The Morgan fingerprint density at radius 2 is 1.82 bits per heavy atom. The van der Waals surface area contributed by atoms with Crippen LogP contribution in [0.3, 0.4) is 0 Å². The highest BCUT2D eigenvalue weighted by Gasteiger charge is 2.35. The summed E-state index contributed by atoms with van der Waals surface area (Å²) in [7, 11) is 0. The molecule has 0 amide bonds. The van der Waals surface area contributed by atoms with Gasteiger partial charge in [-0.05, 0) is 51.3 Å². The van der Waals surface area contributed by atoms with Crippen LogP contribution in [-0.4, -0.2) is 17.2 Å². The van der Waals surface area contributed by atoms with Gasteiger partial charge in [-0.15, -0.1) is 0 Å². The standard InChI is InChI=1S/C19H26O3/c1-4-14(2)19(12-6-5-7-13-19)16-8-10-17(11-9-16)22-15(3)18(20)21/h4,8-11,15H,5-7,12-13H2,1-3H3,(H,20,21)/b14-4+. The molecule has 0 spiro atoms. The first-order chi connectivity index (χ1) is 10.5. The normalized spacial score (nSPS) is 19.5. The third-order valence-electron chi connectivity index (χ3n) is 4.96. The van der Waals surface area contributed by atoms with E-state index in [-0.39, 0.29) is 5.41 Å². The van der Waals surface area contributed by atoms with Crippen LogP contribution in [0.4, 0.5) is 0 Å². The highest BCUT2D eigenvalue weighted by molar-refractivity contribution is 5.72. The van der Waals surface area contributed by atoms with Gasteiger partial charge in [0.05, 0.1) is 0 Å². The minimum Gasteiger partial charge on any atom is -0.479 e. The van der Waals surface area contributed by atoms with Gasteiger partial charge in [0.25, 0.3) is 0 Å². The number of hydrogen-bond acceptors (Lipinski definition) is 2. The molecule has 1 N–H and O–H groups in total. The van der Waals surface area contributed by atoms with Gasteiger partial charge in [-0.25, -0.2) is 4.79 Å². The Hall–Kier alpha value is -1.77. The lowest BCUT2D eigenvalue weighted by Gasteiger charge is -2.39. The van der Waals surface area contributed by atoms with Gasteiger partial charge in [0, 0.05) is 5.41 Å². The van der Waals surface area contributed by atoms with E-state index >= 15 is 0 Å². The Morgan fingerprint density at radius 3 is 2.32 bits per heavy atom. The van der Waals surface area contributed by atoms with Crippen molar-refractivity contribution in [2.24, 2.45) is 0 Å². The zero-order valence-corrected chi connectivity index (χ0v) is 13.8. The monoisotopic (exact) mass is 302 g/mol. The SMILES string of the molecule is C/C=C(\C)C1(c2ccc(OC(C)C(=O)O)cc2)CCCCC1. The number of aliphatic carboxylic acids is 1. The van der Waals surface area contributed by atoms with E-state index in [0.29, 0.717) is 5.75 Å².